The fourth-order valence-electron chi connectivity index (χ4n) is 3.08. The molecule has 4 heteroatoms. The highest BCUT2D eigenvalue weighted by Crippen LogP contribution is 2.23. The van der Waals surface area contributed by atoms with Crippen molar-refractivity contribution >= 4 is 11.8 Å². The molecular weight excluding hydrogens is 276 g/mol. The summed E-state index contributed by atoms with van der Waals surface area (Å²) in [5.41, 5.74) is 5.30. The van der Waals surface area contributed by atoms with Gasteiger partial charge in [-0.2, -0.15) is 0 Å². The van der Waals surface area contributed by atoms with Crippen molar-refractivity contribution < 1.29 is 9.59 Å². The van der Waals surface area contributed by atoms with Crippen molar-refractivity contribution in [2.24, 2.45) is 0 Å². The van der Waals surface area contributed by atoms with Gasteiger partial charge >= 0.3 is 0 Å². The normalized spacial score (nSPS) is 15.1. The lowest BCUT2D eigenvalue weighted by atomic mass is 9.93. The monoisotopic (exact) mass is 302 g/mol. The van der Waals surface area contributed by atoms with Gasteiger partial charge in [0.15, 0.2) is 0 Å². The van der Waals surface area contributed by atoms with Crippen LogP contribution in [0.2, 0.25) is 0 Å². The van der Waals surface area contributed by atoms with Crippen molar-refractivity contribution in [1.82, 2.24) is 9.80 Å². The van der Waals surface area contributed by atoms with Gasteiger partial charge in [-0.3, -0.25) is 9.59 Å². The third kappa shape index (κ3) is 3.01. The average molecular weight is 302 g/mol. The van der Waals surface area contributed by atoms with Crippen LogP contribution in [0.1, 0.15) is 46.0 Å². The Kier molecular flexibility index (Phi) is 4.89. The van der Waals surface area contributed by atoms with Crippen LogP contribution < -0.4 is 0 Å². The van der Waals surface area contributed by atoms with Crippen LogP contribution in [-0.2, 0) is 4.79 Å². The highest BCUT2D eigenvalue weighted by Gasteiger charge is 2.26. The lowest BCUT2D eigenvalue weighted by molar-refractivity contribution is -0.132. The summed E-state index contributed by atoms with van der Waals surface area (Å²) >= 11 is 0. The second-order valence-electron chi connectivity index (χ2n) is 6.16. The summed E-state index contributed by atoms with van der Waals surface area (Å²) in [6.45, 7) is 12.5. The summed E-state index contributed by atoms with van der Waals surface area (Å²) in [6.07, 6.45) is 0.531. The minimum atomic E-state index is 0.102. The van der Waals surface area contributed by atoms with Gasteiger partial charge < -0.3 is 9.80 Å². The molecule has 0 N–H and O–H groups in total. The summed E-state index contributed by atoms with van der Waals surface area (Å²) < 4.78 is 0. The van der Waals surface area contributed by atoms with Crippen LogP contribution in [0.25, 0.3) is 0 Å². The van der Waals surface area contributed by atoms with Gasteiger partial charge in [-0.25, -0.2) is 0 Å². The number of amides is 2. The van der Waals surface area contributed by atoms with E-state index in [2.05, 4.69) is 19.9 Å². The van der Waals surface area contributed by atoms with E-state index < -0.39 is 0 Å². The molecule has 1 saturated heterocycles. The SMILES string of the molecule is CCC(=O)N1CCN(C(=O)c2c(C)c(C)cc(C)c2C)CC1. The molecule has 2 amide bonds. The van der Waals surface area contributed by atoms with E-state index >= 15 is 0 Å². The van der Waals surface area contributed by atoms with Gasteiger partial charge in [-0.05, 0) is 49.9 Å². The topological polar surface area (TPSA) is 40.6 Å². The fraction of sp³-hybridized carbons (Fsp3) is 0.556. The van der Waals surface area contributed by atoms with E-state index in [-0.39, 0.29) is 11.8 Å². The lowest BCUT2D eigenvalue weighted by Gasteiger charge is -2.35. The molecule has 0 radical (unpaired) electrons. The zero-order valence-electron chi connectivity index (χ0n) is 14.3. The van der Waals surface area contributed by atoms with Gasteiger partial charge in [-0.1, -0.05) is 13.0 Å². The molecule has 1 aliphatic heterocycles. The molecule has 2 rings (SSSR count). The molecule has 120 valence electrons. The van der Waals surface area contributed by atoms with Gasteiger partial charge in [0.2, 0.25) is 5.91 Å². The fourth-order valence-corrected chi connectivity index (χ4v) is 3.08. The largest absolute Gasteiger partial charge is 0.339 e. The van der Waals surface area contributed by atoms with Crippen molar-refractivity contribution in [2.45, 2.75) is 41.0 Å². The van der Waals surface area contributed by atoms with Gasteiger partial charge in [0, 0.05) is 38.2 Å². The van der Waals surface area contributed by atoms with Crippen LogP contribution in [0.15, 0.2) is 6.07 Å². The summed E-state index contributed by atoms with van der Waals surface area (Å²) in [5, 5.41) is 0. The summed E-state index contributed by atoms with van der Waals surface area (Å²) in [5.74, 6) is 0.274. The van der Waals surface area contributed by atoms with Crippen molar-refractivity contribution in [3.63, 3.8) is 0 Å². The number of hydrogen-bond donors (Lipinski definition) is 0. The molecule has 4 nitrogen and oxygen atoms in total. The number of carbonyl (C=O) groups is 2. The van der Waals surface area contributed by atoms with Crippen molar-refractivity contribution in [2.75, 3.05) is 26.2 Å². The van der Waals surface area contributed by atoms with Gasteiger partial charge in [0.05, 0.1) is 0 Å². The zero-order valence-corrected chi connectivity index (χ0v) is 14.3. The molecule has 0 saturated carbocycles. The second-order valence-corrected chi connectivity index (χ2v) is 6.16. The van der Waals surface area contributed by atoms with Gasteiger partial charge in [0.1, 0.15) is 0 Å². The second kappa shape index (κ2) is 6.51. The molecule has 1 aliphatic rings. The molecule has 1 heterocycles. The summed E-state index contributed by atoms with van der Waals surface area (Å²) in [6, 6.07) is 2.14. The third-order valence-corrected chi connectivity index (χ3v) is 4.80. The Labute approximate surface area is 133 Å². The predicted octanol–water partition coefficient (Wildman–Crippen LogP) is 2.61. The highest BCUT2D eigenvalue weighted by atomic mass is 16.2. The molecule has 22 heavy (non-hydrogen) atoms. The van der Waals surface area contributed by atoms with E-state index in [1.165, 1.54) is 0 Å². The lowest BCUT2D eigenvalue weighted by Crippen LogP contribution is -2.50. The Hall–Kier alpha value is -1.84. The Bertz CT molecular complexity index is 573. The molecule has 0 spiro atoms. The maximum Gasteiger partial charge on any atom is 0.254 e. The number of piperazine rings is 1. The average Bonchev–Trinajstić information content (AvgIpc) is 2.52. The van der Waals surface area contributed by atoms with Crippen molar-refractivity contribution in [3.05, 3.63) is 33.9 Å². The number of hydrogen-bond acceptors (Lipinski definition) is 2. The molecule has 1 fully saturated rings. The van der Waals surface area contributed by atoms with E-state index in [1.807, 2.05) is 30.6 Å². The number of rotatable bonds is 2. The third-order valence-electron chi connectivity index (χ3n) is 4.80. The quantitative estimate of drug-likeness (QED) is 0.842. The van der Waals surface area contributed by atoms with E-state index in [9.17, 15) is 9.59 Å². The minimum absolute atomic E-state index is 0.102. The Morgan fingerprint density at radius 1 is 0.909 bits per heavy atom. The van der Waals surface area contributed by atoms with E-state index in [0.29, 0.717) is 32.6 Å². The van der Waals surface area contributed by atoms with Crippen molar-refractivity contribution in [1.29, 1.82) is 0 Å². The Morgan fingerprint density at radius 2 is 1.36 bits per heavy atom. The van der Waals surface area contributed by atoms with Crippen LogP contribution in [0.3, 0.4) is 0 Å². The minimum Gasteiger partial charge on any atom is -0.339 e. The first-order valence-corrected chi connectivity index (χ1v) is 8.01. The summed E-state index contributed by atoms with van der Waals surface area (Å²) in [7, 11) is 0. The number of benzene rings is 1. The van der Waals surface area contributed by atoms with Gasteiger partial charge in [-0.15, -0.1) is 0 Å². The maximum absolute atomic E-state index is 12.9. The molecular formula is C18H26N2O2. The molecule has 1 aromatic carbocycles. The van der Waals surface area contributed by atoms with Crippen LogP contribution in [0, 0.1) is 27.7 Å². The molecule has 0 bridgehead atoms. The molecule has 0 atom stereocenters. The van der Waals surface area contributed by atoms with E-state index in [1.54, 1.807) is 0 Å². The molecule has 0 unspecified atom stereocenters. The summed E-state index contributed by atoms with van der Waals surface area (Å²) in [4.78, 5) is 28.4. The van der Waals surface area contributed by atoms with Crippen LogP contribution in [0.5, 0.6) is 0 Å². The van der Waals surface area contributed by atoms with Crippen LogP contribution >= 0.6 is 0 Å². The van der Waals surface area contributed by atoms with E-state index in [0.717, 1.165) is 27.8 Å². The van der Waals surface area contributed by atoms with Crippen LogP contribution in [-0.4, -0.2) is 47.8 Å². The predicted molar refractivity (Wildman–Crippen MR) is 88.2 cm³/mol. The van der Waals surface area contributed by atoms with Crippen molar-refractivity contribution in [3.8, 4) is 0 Å². The maximum atomic E-state index is 12.9. The molecule has 1 aromatic rings. The van der Waals surface area contributed by atoms with E-state index in [4.69, 9.17) is 0 Å². The first kappa shape index (κ1) is 16.5. The smallest absolute Gasteiger partial charge is 0.254 e. The number of carbonyl (C=O) groups excluding carboxylic acids is 2. The number of aryl methyl sites for hydroxylation is 2. The number of nitrogens with zero attached hydrogens (tertiary/aromatic N) is 2. The highest BCUT2D eigenvalue weighted by molar-refractivity contribution is 5.98. The standard InChI is InChI=1S/C18H26N2O2/c1-6-16(21)19-7-9-20(10-8-19)18(22)17-14(4)12(2)11-13(3)15(17)5/h11H,6-10H2,1-5H3. The van der Waals surface area contributed by atoms with Gasteiger partial charge in [0.25, 0.3) is 5.91 Å². The first-order valence-electron chi connectivity index (χ1n) is 8.01. The molecule has 0 aromatic heterocycles. The molecule has 0 aliphatic carbocycles. The Morgan fingerprint density at radius 3 is 1.82 bits per heavy atom. The first-order chi connectivity index (χ1) is 10.4. The Balaban J connectivity index is 2.19. The zero-order chi connectivity index (χ0) is 16.4. The van der Waals surface area contributed by atoms with Crippen LogP contribution in [0.4, 0.5) is 0 Å².